The average molecular weight is 315 g/mol. The van der Waals surface area contributed by atoms with Crippen LogP contribution in [0.1, 0.15) is 19.4 Å². The average Bonchev–Trinajstić information content (AvgIpc) is 2.34. The van der Waals surface area contributed by atoms with Crippen molar-refractivity contribution in [3.8, 4) is 5.75 Å². The van der Waals surface area contributed by atoms with Crippen LogP contribution in [0.2, 0.25) is 0 Å². The molecule has 0 unspecified atom stereocenters. The summed E-state index contributed by atoms with van der Waals surface area (Å²) in [4.78, 5) is 2.33. The third-order valence-electron chi connectivity index (χ3n) is 3.07. The normalized spacial score (nSPS) is 11.3. The maximum atomic E-state index is 5.21. The maximum Gasteiger partial charge on any atom is 0.133 e. The molecule has 1 aromatic carbocycles. The predicted octanol–water partition coefficient (Wildman–Crippen LogP) is 2.89. The molecule has 1 rings (SSSR count). The molecule has 0 fully saturated rings. The molecular formula is C14H23BrN2O. The van der Waals surface area contributed by atoms with Gasteiger partial charge in [0.25, 0.3) is 0 Å². The monoisotopic (exact) mass is 314 g/mol. The number of halogens is 1. The largest absolute Gasteiger partial charge is 0.496 e. The molecule has 18 heavy (non-hydrogen) atoms. The number of rotatable bonds is 7. The van der Waals surface area contributed by atoms with Crippen molar-refractivity contribution >= 4 is 15.9 Å². The van der Waals surface area contributed by atoms with Crippen LogP contribution in [0.4, 0.5) is 0 Å². The number of methoxy groups -OCH3 is 1. The van der Waals surface area contributed by atoms with Gasteiger partial charge >= 0.3 is 0 Å². The van der Waals surface area contributed by atoms with E-state index in [1.165, 1.54) is 5.56 Å². The first kappa shape index (κ1) is 15.5. The molecule has 0 amide bonds. The summed E-state index contributed by atoms with van der Waals surface area (Å²) in [6, 6.07) is 6.77. The van der Waals surface area contributed by atoms with E-state index in [0.717, 1.165) is 29.9 Å². The minimum Gasteiger partial charge on any atom is -0.496 e. The molecule has 0 aromatic heterocycles. The van der Waals surface area contributed by atoms with Gasteiger partial charge in [-0.2, -0.15) is 0 Å². The van der Waals surface area contributed by atoms with Gasteiger partial charge in [-0.3, -0.25) is 0 Å². The first-order valence-corrected chi connectivity index (χ1v) is 7.07. The highest BCUT2D eigenvalue weighted by molar-refractivity contribution is 9.10. The van der Waals surface area contributed by atoms with Crippen LogP contribution >= 0.6 is 15.9 Å². The smallest absolute Gasteiger partial charge is 0.133 e. The number of likely N-dealkylation sites (N-methyl/N-ethyl adjacent to an activating group) is 1. The van der Waals surface area contributed by atoms with E-state index in [0.29, 0.717) is 6.04 Å². The van der Waals surface area contributed by atoms with Gasteiger partial charge in [-0.25, -0.2) is 0 Å². The summed E-state index contributed by atoms with van der Waals surface area (Å²) in [6.45, 7) is 7.36. The fourth-order valence-corrected chi connectivity index (χ4v) is 2.15. The minimum absolute atomic E-state index is 0.599. The summed E-state index contributed by atoms with van der Waals surface area (Å²) in [5, 5.41) is 3.45. The molecule has 0 aliphatic carbocycles. The summed E-state index contributed by atoms with van der Waals surface area (Å²) in [7, 11) is 3.83. The van der Waals surface area contributed by atoms with Gasteiger partial charge in [-0.1, -0.05) is 6.07 Å². The van der Waals surface area contributed by atoms with Crippen LogP contribution in [-0.2, 0) is 6.54 Å². The number of nitrogens with zero attached hydrogens (tertiary/aromatic N) is 1. The second-order valence-electron chi connectivity index (χ2n) is 4.72. The van der Waals surface area contributed by atoms with Gasteiger partial charge < -0.3 is 15.0 Å². The lowest BCUT2D eigenvalue weighted by atomic mass is 10.2. The van der Waals surface area contributed by atoms with Crippen molar-refractivity contribution in [3.05, 3.63) is 28.2 Å². The zero-order chi connectivity index (χ0) is 13.5. The van der Waals surface area contributed by atoms with Crippen LogP contribution in [0.15, 0.2) is 22.7 Å². The van der Waals surface area contributed by atoms with Gasteiger partial charge in [-0.15, -0.1) is 0 Å². The Balaban J connectivity index is 2.33. The lowest BCUT2D eigenvalue weighted by molar-refractivity contribution is 0.273. The number of hydrogen-bond donors (Lipinski definition) is 1. The van der Waals surface area contributed by atoms with Gasteiger partial charge in [0.05, 0.1) is 11.6 Å². The van der Waals surface area contributed by atoms with Crippen molar-refractivity contribution in [2.75, 3.05) is 27.2 Å². The van der Waals surface area contributed by atoms with E-state index in [4.69, 9.17) is 4.74 Å². The van der Waals surface area contributed by atoms with Crippen molar-refractivity contribution in [1.82, 2.24) is 10.2 Å². The summed E-state index contributed by atoms with van der Waals surface area (Å²) in [5.74, 6) is 0.873. The Morgan fingerprint density at radius 1 is 1.39 bits per heavy atom. The first-order chi connectivity index (χ1) is 8.54. The van der Waals surface area contributed by atoms with Crippen molar-refractivity contribution in [3.63, 3.8) is 0 Å². The molecule has 0 aliphatic rings. The fourth-order valence-electron chi connectivity index (χ4n) is 1.57. The van der Waals surface area contributed by atoms with Gasteiger partial charge in [0.2, 0.25) is 0 Å². The maximum absolute atomic E-state index is 5.21. The van der Waals surface area contributed by atoms with Gasteiger partial charge in [-0.05, 0) is 54.5 Å². The van der Waals surface area contributed by atoms with E-state index >= 15 is 0 Å². The molecule has 0 saturated carbocycles. The topological polar surface area (TPSA) is 24.5 Å². The number of nitrogens with one attached hydrogen (secondary N) is 1. The molecule has 0 saturated heterocycles. The number of benzene rings is 1. The highest BCUT2D eigenvalue weighted by Crippen LogP contribution is 2.25. The van der Waals surface area contributed by atoms with Crippen molar-refractivity contribution in [1.29, 1.82) is 0 Å². The molecule has 0 aliphatic heterocycles. The lowest BCUT2D eigenvalue weighted by Gasteiger charge is -2.21. The number of hydrogen-bond acceptors (Lipinski definition) is 3. The third-order valence-corrected chi connectivity index (χ3v) is 3.69. The van der Waals surface area contributed by atoms with E-state index in [1.54, 1.807) is 7.11 Å². The van der Waals surface area contributed by atoms with E-state index in [1.807, 2.05) is 6.07 Å². The van der Waals surface area contributed by atoms with Crippen molar-refractivity contribution in [2.24, 2.45) is 0 Å². The Hall–Kier alpha value is -0.580. The van der Waals surface area contributed by atoms with Crippen LogP contribution in [-0.4, -0.2) is 38.2 Å². The summed E-state index contributed by atoms with van der Waals surface area (Å²) in [5.41, 5.74) is 1.26. The van der Waals surface area contributed by atoms with E-state index in [2.05, 4.69) is 59.2 Å². The highest BCUT2D eigenvalue weighted by atomic mass is 79.9. The van der Waals surface area contributed by atoms with E-state index in [-0.39, 0.29) is 0 Å². The van der Waals surface area contributed by atoms with Gasteiger partial charge in [0, 0.05) is 25.7 Å². The van der Waals surface area contributed by atoms with Crippen molar-refractivity contribution in [2.45, 2.75) is 26.4 Å². The molecule has 0 bridgehead atoms. The Bertz CT molecular complexity index is 369. The molecule has 0 spiro atoms. The molecule has 0 heterocycles. The quantitative estimate of drug-likeness (QED) is 0.783. The van der Waals surface area contributed by atoms with Crippen LogP contribution in [0.25, 0.3) is 0 Å². The third kappa shape index (κ3) is 4.96. The molecule has 3 nitrogen and oxygen atoms in total. The Morgan fingerprint density at radius 3 is 2.67 bits per heavy atom. The fraction of sp³-hybridized carbons (Fsp3) is 0.571. The minimum atomic E-state index is 0.599. The molecule has 1 aromatic rings. The second kappa shape index (κ2) is 7.77. The number of ether oxygens (including phenoxy) is 1. The van der Waals surface area contributed by atoms with Crippen LogP contribution in [0, 0.1) is 0 Å². The molecule has 1 N–H and O–H groups in total. The first-order valence-electron chi connectivity index (χ1n) is 6.28. The zero-order valence-electron chi connectivity index (χ0n) is 11.7. The molecule has 0 radical (unpaired) electrons. The van der Waals surface area contributed by atoms with E-state index in [9.17, 15) is 0 Å². The van der Waals surface area contributed by atoms with Crippen LogP contribution in [0.5, 0.6) is 5.75 Å². The zero-order valence-corrected chi connectivity index (χ0v) is 13.3. The summed E-state index contributed by atoms with van der Waals surface area (Å²) in [6.07, 6.45) is 0. The summed E-state index contributed by atoms with van der Waals surface area (Å²) < 4.78 is 6.21. The van der Waals surface area contributed by atoms with Crippen molar-refractivity contribution < 1.29 is 4.74 Å². The second-order valence-corrected chi connectivity index (χ2v) is 5.57. The highest BCUT2D eigenvalue weighted by Gasteiger charge is 2.03. The molecule has 0 atom stereocenters. The lowest BCUT2D eigenvalue weighted by Crippen LogP contribution is -2.33. The Kier molecular flexibility index (Phi) is 6.68. The molecule has 102 valence electrons. The standard InChI is InChI=1S/C14H23BrN2O/c1-11(2)17(3)8-7-16-10-12-5-6-14(18-4)13(15)9-12/h5-6,9,11,16H,7-8,10H2,1-4H3. The van der Waals surface area contributed by atoms with Crippen LogP contribution in [0.3, 0.4) is 0 Å². The van der Waals surface area contributed by atoms with Gasteiger partial charge in [0.1, 0.15) is 5.75 Å². The van der Waals surface area contributed by atoms with E-state index < -0.39 is 0 Å². The van der Waals surface area contributed by atoms with Crippen LogP contribution < -0.4 is 10.1 Å². The molecule has 4 heteroatoms. The molecular weight excluding hydrogens is 292 g/mol. The SMILES string of the molecule is COc1ccc(CNCCN(C)C(C)C)cc1Br. The summed E-state index contributed by atoms with van der Waals surface area (Å²) >= 11 is 3.50. The predicted molar refractivity (Wildman–Crippen MR) is 80.2 cm³/mol. The van der Waals surface area contributed by atoms with Gasteiger partial charge in [0.15, 0.2) is 0 Å². The Morgan fingerprint density at radius 2 is 2.11 bits per heavy atom. The Labute approximate surface area is 119 Å².